The van der Waals surface area contributed by atoms with Gasteiger partial charge < -0.3 is 19.1 Å². The van der Waals surface area contributed by atoms with Crippen molar-refractivity contribution < 1.29 is 37.8 Å². The number of ether oxygens (including phenoxy) is 3. The van der Waals surface area contributed by atoms with Crippen molar-refractivity contribution in [3.05, 3.63) is 0 Å². The lowest BCUT2D eigenvalue weighted by atomic mass is 10.1. The molecule has 1 unspecified atom stereocenters. The second-order valence-corrected chi connectivity index (χ2v) is 9.36. The summed E-state index contributed by atoms with van der Waals surface area (Å²) in [7, 11) is -4.26. The highest BCUT2D eigenvalue weighted by molar-refractivity contribution is 9.09. The minimum Gasteiger partial charge on any atom is -0.463 e. The number of carbonyl (C=O) groups is 2. The Morgan fingerprint density at radius 1 is 1.26 bits per heavy atom. The van der Waals surface area contributed by atoms with Crippen molar-refractivity contribution in [3.8, 4) is 0 Å². The summed E-state index contributed by atoms with van der Waals surface area (Å²) in [5.41, 5.74) is 0. The van der Waals surface area contributed by atoms with E-state index < -0.39 is 43.0 Å². The highest BCUT2D eigenvalue weighted by atomic mass is 79.9. The van der Waals surface area contributed by atoms with Crippen LogP contribution in [0.25, 0.3) is 0 Å². The van der Waals surface area contributed by atoms with Crippen LogP contribution < -0.4 is 0 Å². The standard InChI is InChI=1S/C14H23BrCl2NO8P/c1-9(19)23-8-13-12(24-10(2)20)7-11(15)14(25-13)26-27(21,22)18(5-3-16)6-4-17/h11-14H,3-8H2,1-2H3,(H,21,22)/t11-,12+,13-,14+/m1/s1. The fourth-order valence-electron chi connectivity index (χ4n) is 2.37. The van der Waals surface area contributed by atoms with Crippen LogP contribution in [0.15, 0.2) is 0 Å². The summed E-state index contributed by atoms with van der Waals surface area (Å²) in [4.78, 5) is 32.1. The van der Waals surface area contributed by atoms with Crippen LogP contribution in [-0.2, 0) is 32.9 Å². The van der Waals surface area contributed by atoms with Gasteiger partial charge in [0.15, 0.2) is 6.29 Å². The van der Waals surface area contributed by atoms with Gasteiger partial charge in [0.05, 0.1) is 4.83 Å². The highest BCUT2D eigenvalue weighted by Crippen LogP contribution is 2.49. The van der Waals surface area contributed by atoms with Crippen LogP contribution in [0.1, 0.15) is 20.3 Å². The predicted octanol–water partition coefficient (Wildman–Crippen LogP) is 2.26. The van der Waals surface area contributed by atoms with Gasteiger partial charge in [-0.25, -0.2) is 9.24 Å². The molecule has 1 heterocycles. The van der Waals surface area contributed by atoms with Crippen molar-refractivity contribution in [1.82, 2.24) is 4.67 Å². The Hall–Kier alpha value is 0.0700. The van der Waals surface area contributed by atoms with Crippen molar-refractivity contribution in [1.29, 1.82) is 0 Å². The second-order valence-electron chi connectivity index (χ2n) is 5.67. The van der Waals surface area contributed by atoms with Crippen molar-refractivity contribution in [2.45, 2.75) is 43.6 Å². The zero-order valence-electron chi connectivity index (χ0n) is 14.9. The molecule has 1 N–H and O–H groups in total. The highest BCUT2D eigenvalue weighted by Gasteiger charge is 2.44. The maximum atomic E-state index is 12.6. The fourth-order valence-corrected chi connectivity index (χ4v) is 5.08. The van der Waals surface area contributed by atoms with Gasteiger partial charge in [0.2, 0.25) is 0 Å². The summed E-state index contributed by atoms with van der Waals surface area (Å²) in [6.45, 7) is 2.45. The fraction of sp³-hybridized carbons (Fsp3) is 0.857. The van der Waals surface area contributed by atoms with E-state index in [9.17, 15) is 19.0 Å². The van der Waals surface area contributed by atoms with Crippen LogP contribution in [-0.4, -0.2) is 76.3 Å². The summed E-state index contributed by atoms with van der Waals surface area (Å²) < 4.78 is 34.8. The van der Waals surface area contributed by atoms with E-state index in [2.05, 4.69) is 15.9 Å². The van der Waals surface area contributed by atoms with Gasteiger partial charge in [0.1, 0.15) is 18.8 Å². The van der Waals surface area contributed by atoms with Gasteiger partial charge in [0, 0.05) is 45.1 Å². The summed E-state index contributed by atoms with van der Waals surface area (Å²) >= 11 is 14.6. The second kappa shape index (κ2) is 11.9. The molecule has 1 fully saturated rings. The Morgan fingerprint density at radius 3 is 2.33 bits per heavy atom. The van der Waals surface area contributed by atoms with Gasteiger partial charge >= 0.3 is 19.7 Å². The third-order valence-electron chi connectivity index (χ3n) is 3.53. The number of esters is 2. The number of alkyl halides is 3. The average Bonchev–Trinajstić information content (AvgIpc) is 2.55. The van der Waals surface area contributed by atoms with Crippen molar-refractivity contribution in [3.63, 3.8) is 0 Å². The molecule has 0 aliphatic carbocycles. The van der Waals surface area contributed by atoms with E-state index in [1.165, 1.54) is 13.8 Å². The molecule has 1 aliphatic heterocycles. The van der Waals surface area contributed by atoms with Crippen molar-refractivity contribution in [2.24, 2.45) is 0 Å². The van der Waals surface area contributed by atoms with E-state index in [1.807, 2.05) is 0 Å². The third kappa shape index (κ3) is 8.53. The van der Waals surface area contributed by atoms with Gasteiger partial charge in [-0.1, -0.05) is 15.9 Å². The summed E-state index contributed by atoms with van der Waals surface area (Å²) in [5, 5.41) is 0. The molecular formula is C14H23BrCl2NO8P. The number of rotatable bonds is 10. The largest absolute Gasteiger partial charge is 0.463 e. The average molecular weight is 515 g/mol. The van der Waals surface area contributed by atoms with E-state index in [1.54, 1.807) is 0 Å². The van der Waals surface area contributed by atoms with Crippen LogP contribution in [0.3, 0.4) is 0 Å². The first kappa shape index (κ1) is 25.1. The van der Waals surface area contributed by atoms with E-state index in [0.29, 0.717) is 0 Å². The molecule has 0 aromatic carbocycles. The van der Waals surface area contributed by atoms with Gasteiger partial charge in [0.25, 0.3) is 0 Å². The Bertz CT molecular complexity index is 551. The molecule has 1 aliphatic rings. The topological polar surface area (TPSA) is 112 Å². The Kier molecular flexibility index (Phi) is 11.1. The number of halogens is 3. The van der Waals surface area contributed by atoms with Crippen LogP contribution >= 0.6 is 46.9 Å². The van der Waals surface area contributed by atoms with E-state index >= 15 is 0 Å². The molecule has 0 bridgehead atoms. The van der Waals surface area contributed by atoms with Gasteiger partial charge in [-0.15, -0.1) is 23.2 Å². The van der Waals surface area contributed by atoms with E-state index in [4.69, 9.17) is 41.9 Å². The first-order chi connectivity index (χ1) is 12.6. The molecule has 0 spiro atoms. The molecule has 1 rings (SSSR count). The number of hydrogen-bond donors (Lipinski definition) is 1. The summed E-state index contributed by atoms with van der Waals surface area (Å²) in [5.74, 6) is -0.851. The Labute approximate surface area is 176 Å². The van der Waals surface area contributed by atoms with Crippen molar-refractivity contribution in [2.75, 3.05) is 31.5 Å². The van der Waals surface area contributed by atoms with Crippen LogP contribution in [0.4, 0.5) is 0 Å². The van der Waals surface area contributed by atoms with Crippen LogP contribution in [0.5, 0.6) is 0 Å². The van der Waals surface area contributed by atoms with Gasteiger partial charge in [-0.3, -0.25) is 14.1 Å². The first-order valence-electron chi connectivity index (χ1n) is 8.09. The first-order valence-corrected chi connectivity index (χ1v) is 11.6. The van der Waals surface area contributed by atoms with Gasteiger partial charge in [-0.2, -0.15) is 0 Å². The smallest absolute Gasteiger partial charge is 0.408 e. The molecule has 27 heavy (non-hydrogen) atoms. The minimum absolute atomic E-state index is 0.0919. The lowest BCUT2D eigenvalue weighted by Crippen LogP contribution is -2.50. The minimum atomic E-state index is -4.26. The molecule has 1 saturated heterocycles. The Morgan fingerprint density at radius 2 is 1.85 bits per heavy atom. The molecule has 0 amide bonds. The summed E-state index contributed by atoms with van der Waals surface area (Å²) in [6, 6.07) is 0. The number of nitrogens with zero attached hydrogens (tertiary/aromatic N) is 1. The van der Waals surface area contributed by atoms with E-state index in [0.717, 1.165) is 4.67 Å². The molecule has 5 atom stereocenters. The molecule has 158 valence electrons. The van der Waals surface area contributed by atoms with Crippen LogP contribution in [0, 0.1) is 0 Å². The predicted molar refractivity (Wildman–Crippen MR) is 102 cm³/mol. The lowest BCUT2D eigenvalue weighted by molar-refractivity contribution is -0.212. The molecule has 0 aromatic heterocycles. The van der Waals surface area contributed by atoms with Crippen LogP contribution in [0.2, 0.25) is 0 Å². The zero-order valence-corrected chi connectivity index (χ0v) is 18.9. The molecular weight excluding hydrogens is 492 g/mol. The maximum absolute atomic E-state index is 12.6. The van der Waals surface area contributed by atoms with Crippen molar-refractivity contribution >= 4 is 58.8 Å². The normalized spacial score (nSPS) is 27.8. The third-order valence-corrected chi connectivity index (χ3v) is 6.27. The van der Waals surface area contributed by atoms with Gasteiger partial charge in [-0.05, 0) is 0 Å². The number of carbonyl (C=O) groups excluding carboxylic acids is 2. The van der Waals surface area contributed by atoms with E-state index in [-0.39, 0.29) is 37.9 Å². The summed E-state index contributed by atoms with van der Waals surface area (Å²) in [6.07, 6.45) is -2.50. The molecule has 0 radical (unpaired) electrons. The quantitative estimate of drug-likeness (QED) is 0.266. The maximum Gasteiger partial charge on any atom is 0.408 e. The Balaban J connectivity index is 2.88. The molecule has 9 nitrogen and oxygen atoms in total. The molecule has 13 heteroatoms. The molecule has 0 saturated carbocycles. The lowest BCUT2D eigenvalue weighted by Gasteiger charge is -2.39. The zero-order chi connectivity index (χ0) is 20.6. The number of hydrogen-bond acceptors (Lipinski definition) is 7. The monoisotopic (exact) mass is 513 g/mol. The molecule has 0 aromatic rings. The SMILES string of the molecule is CC(=O)OC[C@H]1O[C@@H](OP(=O)(O)N(CCCl)CCCl)[C@H](Br)C[C@@H]1OC(C)=O.